The number of hydrogen-bond acceptors (Lipinski definition) is 3. The minimum absolute atomic E-state index is 0.241. The van der Waals surface area contributed by atoms with Crippen LogP contribution in [0.1, 0.15) is 69.9 Å². The van der Waals surface area contributed by atoms with E-state index >= 15 is 0 Å². The van der Waals surface area contributed by atoms with Crippen LogP contribution in [0.5, 0.6) is 5.75 Å². The second kappa shape index (κ2) is 8.98. The van der Waals surface area contributed by atoms with Gasteiger partial charge in [0.15, 0.2) is 9.84 Å². The molecule has 0 N–H and O–H groups in total. The number of aryl methyl sites for hydroxylation is 2. The molecule has 0 saturated heterocycles. The van der Waals surface area contributed by atoms with Crippen LogP contribution >= 0.6 is 0 Å². The van der Waals surface area contributed by atoms with Crippen molar-refractivity contribution in [3.8, 4) is 5.75 Å². The van der Waals surface area contributed by atoms with Gasteiger partial charge in [0.25, 0.3) is 0 Å². The van der Waals surface area contributed by atoms with Crippen LogP contribution in [0.15, 0.2) is 18.2 Å². The molecule has 3 nitrogen and oxygen atoms in total. The van der Waals surface area contributed by atoms with Crippen molar-refractivity contribution in [3.63, 3.8) is 0 Å². The number of rotatable bonds is 9. The third-order valence-electron chi connectivity index (χ3n) is 6.47. The van der Waals surface area contributed by atoms with Gasteiger partial charge in [-0.05, 0) is 100 Å². The summed E-state index contributed by atoms with van der Waals surface area (Å²) in [4.78, 5) is 0. The van der Waals surface area contributed by atoms with Crippen molar-refractivity contribution in [2.24, 2.45) is 17.8 Å². The number of benzene rings is 1. The third kappa shape index (κ3) is 6.23. The van der Waals surface area contributed by atoms with Gasteiger partial charge in [-0.3, -0.25) is 0 Å². The molecule has 152 valence electrons. The first-order valence-electron chi connectivity index (χ1n) is 10.8. The fourth-order valence-corrected chi connectivity index (χ4v) is 5.48. The average molecular weight is 393 g/mol. The molecule has 0 atom stereocenters. The van der Waals surface area contributed by atoms with Crippen molar-refractivity contribution in [2.75, 3.05) is 12.4 Å². The molecule has 3 rings (SSSR count). The predicted octanol–water partition coefficient (Wildman–Crippen LogP) is 5.35. The number of sulfone groups is 1. The molecule has 2 fully saturated rings. The van der Waals surface area contributed by atoms with Gasteiger partial charge in [0.2, 0.25) is 0 Å². The van der Waals surface area contributed by atoms with Crippen molar-refractivity contribution in [3.05, 3.63) is 29.3 Å². The molecule has 1 aromatic carbocycles. The first kappa shape index (κ1) is 20.7. The maximum absolute atomic E-state index is 12.1. The van der Waals surface area contributed by atoms with Crippen LogP contribution in [0, 0.1) is 24.7 Å². The van der Waals surface area contributed by atoms with Gasteiger partial charge in [-0.1, -0.05) is 18.9 Å². The SMILES string of the molecule is Cc1cc(OCC2CC2)ccc1CCC1CCC(CS(=O)(=O)C(C)C)CC1. The maximum Gasteiger partial charge on any atom is 0.152 e. The molecule has 0 bridgehead atoms. The lowest BCUT2D eigenvalue weighted by atomic mass is 9.80. The maximum atomic E-state index is 12.1. The molecule has 0 radical (unpaired) electrons. The highest BCUT2D eigenvalue weighted by Crippen LogP contribution is 2.34. The molecule has 0 unspecified atom stereocenters. The monoisotopic (exact) mass is 392 g/mol. The van der Waals surface area contributed by atoms with E-state index in [4.69, 9.17) is 4.74 Å². The predicted molar refractivity (Wildman–Crippen MR) is 112 cm³/mol. The Bertz CT molecular complexity index is 711. The summed E-state index contributed by atoms with van der Waals surface area (Å²) < 4.78 is 30.1. The standard InChI is InChI=1S/C23H36O3S/c1-17(2)27(24,25)16-21-8-4-19(5-9-21)10-11-22-12-13-23(14-18(22)3)26-15-20-6-7-20/h12-14,17,19-21H,4-11,15-16H2,1-3H3. The van der Waals surface area contributed by atoms with Crippen LogP contribution in [-0.4, -0.2) is 26.0 Å². The lowest BCUT2D eigenvalue weighted by molar-refractivity contribution is 0.278. The van der Waals surface area contributed by atoms with Gasteiger partial charge in [-0.15, -0.1) is 0 Å². The fraction of sp³-hybridized carbons (Fsp3) is 0.739. The van der Waals surface area contributed by atoms with E-state index in [1.807, 2.05) is 0 Å². The normalized spacial score (nSPS) is 23.6. The Balaban J connectivity index is 1.42. The first-order chi connectivity index (χ1) is 12.8. The molecule has 4 heteroatoms. The first-order valence-corrected chi connectivity index (χ1v) is 12.5. The summed E-state index contributed by atoms with van der Waals surface area (Å²) in [6, 6.07) is 6.54. The van der Waals surface area contributed by atoms with E-state index in [2.05, 4.69) is 25.1 Å². The van der Waals surface area contributed by atoms with E-state index in [9.17, 15) is 8.42 Å². The lowest BCUT2D eigenvalue weighted by Crippen LogP contribution is -2.26. The molecular formula is C23H36O3S. The molecule has 2 aliphatic rings. The second-order valence-electron chi connectivity index (χ2n) is 9.15. The molecule has 0 spiro atoms. The quantitative estimate of drug-likeness (QED) is 0.569. The van der Waals surface area contributed by atoms with Crippen LogP contribution in [-0.2, 0) is 16.3 Å². The summed E-state index contributed by atoms with van der Waals surface area (Å²) in [6.07, 6.45) is 9.49. The lowest BCUT2D eigenvalue weighted by Gasteiger charge is -2.29. The fourth-order valence-electron chi connectivity index (χ4n) is 4.10. The Morgan fingerprint density at radius 2 is 1.63 bits per heavy atom. The Hall–Kier alpha value is -1.03. The van der Waals surface area contributed by atoms with Crippen LogP contribution in [0.25, 0.3) is 0 Å². The summed E-state index contributed by atoms with van der Waals surface area (Å²) >= 11 is 0. The highest BCUT2D eigenvalue weighted by atomic mass is 32.2. The van der Waals surface area contributed by atoms with Crippen molar-refractivity contribution < 1.29 is 13.2 Å². The Morgan fingerprint density at radius 3 is 2.22 bits per heavy atom. The molecular weight excluding hydrogens is 356 g/mol. The van der Waals surface area contributed by atoms with Crippen molar-refractivity contribution in [2.45, 2.75) is 77.4 Å². The summed E-state index contributed by atoms with van der Waals surface area (Å²) in [5, 5.41) is -0.241. The molecule has 0 heterocycles. The van der Waals surface area contributed by atoms with E-state index in [0.29, 0.717) is 11.7 Å². The molecule has 2 saturated carbocycles. The van der Waals surface area contributed by atoms with Crippen LogP contribution in [0.2, 0.25) is 0 Å². The Labute approximate surface area is 165 Å². The zero-order valence-electron chi connectivity index (χ0n) is 17.2. The van der Waals surface area contributed by atoms with Gasteiger partial charge in [0.05, 0.1) is 17.6 Å². The van der Waals surface area contributed by atoms with Gasteiger partial charge < -0.3 is 4.74 Å². The van der Waals surface area contributed by atoms with Crippen LogP contribution in [0.3, 0.4) is 0 Å². The third-order valence-corrected chi connectivity index (χ3v) is 8.84. The summed E-state index contributed by atoms with van der Waals surface area (Å²) in [6.45, 7) is 6.65. The molecule has 0 aliphatic heterocycles. The van der Waals surface area contributed by atoms with Gasteiger partial charge in [0.1, 0.15) is 5.75 Å². The van der Waals surface area contributed by atoms with Gasteiger partial charge in [-0.2, -0.15) is 0 Å². The summed E-state index contributed by atoms with van der Waals surface area (Å²) in [5.74, 6) is 3.30. The number of ether oxygens (including phenoxy) is 1. The molecule has 0 amide bonds. The zero-order chi connectivity index (χ0) is 19.4. The van der Waals surface area contributed by atoms with Gasteiger partial charge in [0, 0.05) is 0 Å². The summed E-state index contributed by atoms with van der Waals surface area (Å²) in [5.41, 5.74) is 2.76. The minimum Gasteiger partial charge on any atom is -0.493 e. The molecule has 2 aliphatic carbocycles. The highest BCUT2D eigenvalue weighted by Gasteiger charge is 2.27. The highest BCUT2D eigenvalue weighted by molar-refractivity contribution is 7.91. The minimum atomic E-state index is -2.90. The van der Waals surface area contributed by atoms with E-state index in [0.717, 1.165) is 43.5 Å². The topological polar surface area (TPSA) is 43.4 Å². The Kier molecular flexibility index (Phi) is 6.88. The molecule has 27 heavy (non-hydrogen) atoms. The Morgan fingerprint density at radius 1 is 1.00 bits per heavy atom. The number of hydrogen-bond donors (Lipinski definition) is 0. The summed E-state index contributed by atoms with van der Waals surface area (Å²) in [7, 11) is -2.90. The van der Waals surface area contributed by atoms with Crippen molar-refractivity contribution in [1.82, 2.24) is 0 Å². The molecule has 0 aromatic heterocycles. The average Bonchev–Trinajstić information content (AvgIpc) is 3.44. The van der Waals surface area contributed by atoms with E-state index in [-0.39, 0.29) is 5.25 Å². The van der Waals surface area contributed by atoms with E-state index in [1.54, 1.807) is 13.8 Å². The van der Waals surface area contributed by atoms with E-state index in [1.165, 1.54) is 43.2 Å². The largest absolute Gasteiger partial charge is 0.493 e. The van der Waals surface area contributed by atoms with Crippen LogP contribution in [0.4, 0.5) is 0 Å². The van der Waals surface area contributed by atoms with Crippen molar-refractivity contribution >= 4 is 9.84 Å². The van der Waals surface area contributed by atoms with Gasteiger partial charge in [-0.25, -0.2) is 8.42 Å². The smallest absolute Gasteiger partial charge is 0.152 e. The van der Waals surface area contributed by atoms with Crippen LogP contribution < -0.4 is 4.74 Å². The van der Waals surface area contributed by atoms with E-state index < -0.39 is 9.84 Å². The zero-order valence-corrected chi connectivity index (χ0v) is 18.1. The van der Waals surface area contributed by atoms with Crippen molar-refractivity contribution in [1.29, 1.82) is 0 Å². The molecule has 1 aromatic rings. The van der Waals surface area contributed by atoms with Gasteiger partial charge >= 0.3 is 0 Å². The second-order valence-corrected chi connectivity index (χ2v) is 11.7.